The van der Waals surface area contributed by atoms with Gasteiger partial charge in [-0.15, -0.1) is 0 Å². The molecule has 0 fully saturated rings. The summed E-state index contributed by atoms with van der Waals surface area (Å²) >= 11 is 11.7. The number of carbonyl (C=O) groups is 2. The molecule has 0 aliphatic carbocycles. The smallest absolute Gasteiger partial charge is 0.336 e. The zero-order chi connectivity index (χ0) is 15.4. The summed E-state index contributed by atoms with van der Waals surface area (Å²) in [5.41, 5.74) is 0.230. The molecular weight excluding hydrogens is 317 g/mol. The number of rotatable bonds is 4. The summed E-state index contributed by atoms with van der Waals surface area (Å²) in [6, 6.07) is 6.51. The molecule has 1 unspecified atom stereocenters. The number of hydrogen-bond acceptors (Lipinski definition) is 4. The number of carbonyl (C=O) groups excluding carboxylic acids is 2. The molecular formula is C14H11Cl2NO4. The van der Waals surface area contributed by atoms with Crippen LogP contribution in [0.15, 0.2) is 41.0 Å². The standard InChI is InChI=1S/C14H11Cl2NO4/c1-20-14(19)12(11-3-2-4-21-11)17-13(18)8-5-9(15)7-10(16)6-8/h2-7,12H,1H3,(H,17,18). The van der Waals surface area contributed by atoms with Gasteiger partial charge in [0.25, 0.3) is 5.91 Å². The van der Waals surface area contributed by atoms with E-state index >= 15 is 0 Å². The van der Waals surface area contributed by atoms with Crippen LogP contribution in [-0.2, 0) is 9.53 Å². The molecule has 5 nitrogen and oxygen atoms in total. The van der Waals surface area contributed by atoms with Gasteiger partial charge in [0.05, 0.1) is 13.4 Å². The maximum absolute atomic E-state index is 12.2. The molecule has 0 saturated carbocycles. The number of esters is 1. The zero-order valence-electron chi connectivity index (χ0n) is 10.9. The summed E-state index contributed by atoms with van der Waals surface area (Å²) in [5, 5.41) is 3.16. The molecule has 7 heteroatoms. The van der Waals surface area contributed by atoms with Crippen molar-refractivity contribution in [2.24, 2.45) is 0 Å². The number of amides is 1. The quantitative estimate of drug-likeness (QED) is 0.875. The van der Waals surface area contributed by atoms with Crippen LogP contribution >= 0.6 is 23.2 Å². The molecule has 0 spiro atoms. The van der Waals surface area contributed by atoms with E-state index in [4.69, 9.17) is 27.6 Å². The van der Waals surface area contributed by atoms with E-state index in [1.54, 1.807) is 12.1 Å². The number of hydrogen-bond donors (Lipinski definition) is 1. The Morgan fingerprint density at radius 2 is 1.90 bits per heavy atom. The van der Waals surface area contributed by atoms with Crippen molar-refractivity contribution in [2.75, 3.05) is 7.11 Å². The highest BCUT2D eigenvalue weighted by Crippen LogP contribution is 2.21. The molecule has 0 bridgehead atoms. The average Bonchev–Trinajstić information content (AvgIpc) is 2.96. The highest BCUT2D eigenvalue weighted by Gasteiger charge is 2.26. The van der Waals surface area contributed by atoms with E-state index in [9.17, 15) is 9.59 Å². The van der Waals surface area contributed by atoms with E-state index in [0.29, 0.717) is 10.0 Å². The lowest BCUT2D eigenvalue weighted by atomic mass is 10.1. The molecule has 0 radical (unpaired) electrons. The third-order valence-corrected chi connectivity index (χ3v) is 3.10. The van der Waals surface area contributed by atoms with E-state index in [2.05, 4.69) is 10.1 Å². The summed E-state index contributed by atoms with van der Waals surface area (Å²) < 4.78 is 9.79. The number of ether oxygens (including phenoxy) is 1. The fraction of sp³-hybridized carbons (Fsp3) is 0.143. The second-order valence-electron chi connectivity index (χ2n) is 4.10. The summed E-state index contributed by atoms with van der Waals surface area (Å²) in [4.78, 5) is 24.0. The van der Waals surface area contributed by atoms with Gasteiger partial charge in [-0.05, 0) is 30.3 Å². The minimum Gasteiger partial charge on any atom is -0.467 e. The number of benzene rings is 1. The zero-order valence-corrected chi connectivity index (χ0v) is 12.4. The number of furan rings is 1. The Bertz CT molecular complexity index is 635. The largest absolute Gasteiger partial charge is 0.467 e. The molecule has 1 aromatic heterocycles. The van der Waals surface area contributed by atoms with Gasteiger partial charge >= 0.3 is 5.97 Å². The maximum atomic E-state index is 12.2. The Morgan fingerprint density at radius 1 is 1.24 bits per heavy atom. The van der Waals surface area contributed by atoms with Gasteiger partial charge in [-0.2, -0.15) is 0 Å². The Kier molecular flexibility index (Phi) is 4.88. The van der Waals surface area contributed by atoms with Crippen LogP contribution in [0.25, 0.3) is 0 Å². The van der Waals surface area contributed by atoms with Crippen LogP contribution in [0.3, 0.4) is 0 Å². The molecule has 0 aliphatic rings. The Labute approximate surface area is 130 Å². The van der Waals surface area contributed by atoms with Gasteiger partial charge in [0.2, 0.25) is 0 Å². The third-order valence-electron chi connectivity index (χ3n) is 2.66. The SMILES string of the molecule is COC(=O)C(NC(=O)c1cc(Cl)cc(Cl)c1)c1ccco1. The topological polar surface area (TPSA) is 68.5 Å². The lowest BCUT2D eigenvalue weighted by molar-refractivity contribution is -0.143. The van der Waals surface area contributed by atoms with Crippen LogP contribution in [0.4, 0.5) is 0 Å². The normalized spacial score (nSPS) is 11.8. The number of halogens is 2. The van der Waals surface area contributed by atoms with Crippen molar-refractivity contribution in [1.82, 2.24) is 5.32 Å². The maximum Gasteiger partial charge on any atom is 0.336 e. The Morgan fingerprint density at radius 3 is 2.43 bits per heavy atom. The first kappa shape index (κ1) is 15.4. The minimum atomic E-state index is -1.05. The van der Waals surface area contributed by atoms with E-state index in [1.807, 2.05) is 0 Å². The molecule has 1 heterocycles. The molecule has 2 aromatic rings. The van der Waals surface area contributed by atoms with Crippen molar-refractivity contribution in [3.05, 3.63) is 58.0 Å². The van der Waals surface area contributed by atoms with Crippen molar-refractivity contribution in [3.63, 3.8) is 0 Å². The van der Waals surface area contributed by atoms with Crippen LogP contribution in [0, 0.1) is 0 Å². The summed E-state index contributed by atoms with van der Waals surface area (Å²) in [6.07, 6.45) is 1.40. The molecule has 1 amide bonds. The fourth-order valence-corrected chi connectivity index (χ4v) is 2.24. The van der Waals surface area contributed by atoms with Crippen LogP contribution in [0.1, 0.15) is 22.2 Å². The van der Waals surface area contributed by atoms with Crippen LogP contribution in [0.2, 0.25) is 10.0 Å². The van der Waals surface area contributed by atoms with E-state index in [0.717, 1.165) is 0 Å². The molecule has 1 aromatic carbocycles. The van der Waals surface area contributed by atoms with Crippen molar-refractivity contribution in [3.8, 4) is 0 Å². The molecule has 2 rings (SSSR count). The molecule has 1 atom stereocenters. The van der Waals surface area contributed by atoms with Crippen molar-refractivity contribution >= 4 is 35.1 Å². The monoisotopic (exact) mass is 327 g/mol. The predicted octanol–water partition coefficient (Wildman–Crippen LogP) is 3.23. The Balaban J connectivity index is 2.24. The molecule has 0 aliphatic heterocycles. The molecule has 21 heavy (non-hydrogen) atoms. The number of methoxy groups -OCH3 is 1. The minimum absolute atomic E-state index is 0.230. The predicted molar refractivity (Wildman–Crippen MR) is 77.4 cm³/mol. The van der Waals surface area contributed by atoms with E-state index in [1.165, 1.54) is 31.6 Å². The fourth-order valence-electron chi connectivity index (χ4n) is 1.72. The van der Waals surface area contributed by atoms with Crippen molar-refractivity contribution in [1.29, 1.82) is 0 Å². The highest BCUT2D eigenvalue weighted by atomic mass is 35.5. The molecule has 1 N–H and O–H groups in total. The third kappa shape index (κ3) is 3.77. The van der Waals surface area contributed by atoms with Gasteiger partial charge in [0.15, 0.2) is 6.04 Å². The van der Waals surface area contributed by atoms with Gasteiger partial charge in [0, 0.05) is 15.6 Å². The molecule has 0 saturated heterocycles. The molecule has 110 valence electrons. The van der Waals surface area contributed by atoms with Gasteiger partial charge in [0.1, 0.15) is 5.76 Å². The van der Waals surface area contributed by atoms with Gasteiger partial charge in [-0.25, -0.2) is 4.79 Å². The lowest BCUT2D eigenvalue weighted by Gasteiger charge is -2.14. The van der Waals surface area contributed by atoms with Crippen LogP contribution in [-0.4, -0.2) is 19.0 Å². The number of nitrogens with one attached hydrogen (secondary N) is 1. The Hall–Kier alpha value is -1.98. The van der Waals surface area contributed by atoms with Crippen LogP contribution in [0.5, 0.6) is 0 Å². The summed E-state index contributed by atoms with van der Waals surface area (Å²) in [7, 11) is 1.22. The van der Waals surface area contributed by atoms with Crippen LogP contribution < -0.4 is 5.32 Å². The lowest BCUT2D eigenvalue weighted by Crippen LogP contribution is -2.34. The first-order valence-corrected chi connectivity index (χ1v) is 6.65. The average molecular weight is 328 g/mol. The van der Waals surface area contributed by atoms with Crippen molar-refractivity contribution < 1.29 is 18.7 Å². The van der Waals surface area contributed by atoms with Gasteiger partial charge in [-0.1, -0.05) is 23.2 Å². The van der Waals surface area contributed by atoms with Gasteiger partial charge < -0.3 is 14.5 Å². The summed E-state index contributed by atoms with van der Waals surface area (Å²) in [5.74, 6) is -0.902. The van der Waals surface area contributed by atoms with Crippen molar-refractivity contribution in [2.45, 2.75) is 6.04 Å². The summed E-state index contributed by atoms with van der Waals surface area (Å²) in [6.45, 7) is 0. The van der Waals surface area contributed by atoms with E-state index < -0.39 is 17.9 Å². The van der Waals surface area contributed by atoms with E-state index in [-0.39, 0.29) is 11.3 Å². The second kappa shape index (κ2) is 6.65. The first-order valence-electron chi connectivity index (χ1n) is 5.89. The first-order chi connectivity index (χ1) is 10.0. The van der Waals surface area contributed by atoms with Gasteiger partial charge in [-0.3, -0.25) is 4.79 Å². The highest BCUT2D eigenvalue weighted by molar-refractivity contribution is 6.35. The second-order valence-corrected chi connectivity index (χ2v) is 4.98.